The zero-order valence-corrected chi connectivity index (χ0v) is 16.9. The molecule has 4 N–H and O–H groups in total. The number of carbonyl (C=O) groups is 1. The van der Waals surface area contributed by atoms with Gasteiger partial charge in [0.05, 0.1) is 11.8 Å². The molecule has 0 radical (unpaired) electrons. The lowest BCUT2D eigenvalue weighted by Crippen LogP contribution is -2.26. The minimum atomic E-state index is -0.859. The third kappa shape index (κ3) is 4.85. The van der Waals surface area contributed by atoms with Gasteiger partial charge in [0.25, 0.3) is 11.5 Å². The predicted octanol–water partition coefficient (Wildman–Crippen LogP) is 4.04. The number of benzene rings is 2. The molecule has 0 spiro atoms. The number of aryl methyl sites for hydroxylation is 2. The highest BCUT2D eigenvalue weighted by Gasteiger charge is 2.18. The molecule has 0 bridgehead atoms. The second-order valence-corrected chi connectivity index (χ2v) is 7.20. The molecule has 150 valence electrons. The van der Waals surface area contributed by atoms with Gasteiger partial charge in [-0.3, -0.25) is 9.59 Å². The molecule has 0 aliphatic rings. The standard InChI is InChI=1S/C22H22ClN3O3/c1-13-5-3-6-14(2)20(13)26-22(29)19-17(9-10-24-21(19)28)25-12-18(27)15-7-4-8-16(23)11-15/h3-11,18,27H,12H2,1-2H3,(H,26,29)(H2,24,25,28)/t18-/m1/s1. The summed E-state index contributed by atoms with van der Waals surface area (Å²) in [5.41, 5.74) is 2.87. The molecule has 0 fully saturated rings. The van der Waals surface area contributed by atoms with Gasteiger partial charge in [0.2, 0.25) is 0 Å². The summed E-state index contributed by atoms with van der Waals surface area (Å²) in [5.74, 6) is -0.524. The Labute approximate surface area is 173 Å². The van der Waals surface area contributed by atoms with Crippen molar-refractivity contribution in [1.29, 1.82) is 0 Å². The van der Waals surface area contributed by atoms with E-state index < -0.39 is 17.6 Å². The summed E-state index contributed by atoms with van der Waals surface area (Å²) >= 11 is 5.97. The molecule has 0 saturated heterocycles. The smallest absolute Gasteiger partial charge is 0.263 e. The van der Waals surface area contributed by atoms with Crippen LogP contribution in [0.25, 0.3) is 0 Å². The molecule has 0 aliphatic heterocycles. The van der Waals surface area contributed by atoms with Gasteiger partial charge in [0.1, 0.15) is 5.56 Å². The molecule has 1 aromatic heterocycles. The van der Waals surface area contributed by atoms with E-state index in [9.17, 15) is 14.7 Å². The fourth-order valence-electron chi connectivity index (χ4n) is 3.08. The van der Waals surface area contributed by atoms with Gasteiger partial charge in [0.15, 0.2) is 0 Å². The zero-order chi connectivity index (χ0) is 21.0. The van der Waals surface area contributed by atoms with Gasteiger partial charge in [-0.15, -0.1) is 0 Å². The van der Waals surface area contributed by atoms with E-state index in [0.717, 1.165) is 11.1 Å². The summed E-state index contributed by atoms with van der Waals surface area (Å²) in [6.07, 6.45) is 0.592. The van der Waals surface area contributed by atoms with Gasteiger partial charge in [0, 0.05) is 23.5 Å². The van der Waals surface area contributed by atoms with Crippen LogP contribution in [0.4, 0.5) is 11.4 Å². The van der Waals surface area contributed by atoms with Crippen LogP contribution in [0.2, 0.25) is 5.02 Å². The highest BCUT2D eigenvalue weighted by atomic mass is 35.5. The number of carbonyl (C=O) groups excluding carboxylic acids is 1. The fraction of sp³-hybridized carbons (Fsp3) is 0.182. The van der Waals surface area contributed by atoms with E-state index in [2.05, 4.69) is 15.6 Å². The number of pyridine rings is 1. The molecule has 6 nitrogen and oxygen atoms in total. The molecule has 2 aromatic carbocycles. The number of para-hydroxylation sites is 1. The Morgan fingerprint density at radius 1 is 1.14 bits per heavy atom. The molecule has 0 saturated carbocycles. The molecule has 1 heterocycles. The summed E-state index contributed by atoms with van der Waals surface area (Å²) in [6.45, 7) is 3.88. The number of nitrogens with one attached hydrogen (secondary N) is 3. The van der Waals surface area contributed by atoms with E-state index in [4.69, 9.17) is 11.6 Å². The molecule has 3 aromatic rings. The van der Waals surface area contributed by atoms with Crippen LogP contribution in [0, 0.1) is 13.8 Å². The number of hydrogen-bond acceptors (Lipinski definition) is 4. The van der Waals surface area contributed by atoms with E-state index in [1.807, 2.05) is 32.0 Å². The molecule has 7 heteroatoms. The van der Waals surface area contributed by atoms with Crippen LogP contribution in [0.1, 0.15) is 33.2 Å². The van der Waals surface area contributed by atoms with Crippen LogP contribution >= 0.6 is 11.6 Å². The van der Waals surface area contributed by atoms with Crippen molar-refractivity contribution in [2.24, 2.45) is 0 Å². The largest absolute Gasteiger partial charge is 0.387 e. The number of hydrogen-bond donors (Lipinski definition) is 4. The van der Waals surface area contributed by atoms with E-state index in [1.165, 1.54) is 6.20 Å². The van der Waals surface area contributed by atoms with Gasteiger partial charge in [-0.2, -0.15) is 0 Å². The average molecular weight is 412 g/mol. The van der Waals surface area contributed by atoms with E-state index in [-0.39, 0.29) is 12.1 Å². The van der Waals surface area contributed by atoms with Crippen molar-refractivity contribution in [1.82, 2.24) is 4.98 Å². The molecule has 3 rings (SSSR count). The monoisotopic (exact) mass is 411 g/mol. The number of amides is 1. The molecular weight excluding hydrogens is 390 g/mol. The Hall–Kier alpha value is -3.09. The van der Waals surface area contributed by atoms with Crippen molar-refractivity contribution in [3.63, 3.8) is 0 Å². The van der Waals surface area contributed by atoms with Crippen LogP contribution in [0.3, 0.4) is 0 Å². The van der Waals surface area contributed by atoms with E-state index in [0.29, 0.717) is 22.0 Å². The maximum Gasteiger partial charge on any atom is 0.263 e. The number of rotatable bonds is 6. The zero-order valence-electron chi connectivity index (χ0n) is 16.1. The minimum absolute atomic E-state index is 0.0477. The average Bonchev–Trinajstić information content (AvgIpc) is 2.69. The normalized spacial score (nSPS) is 11.7. The van der Waals surface area contributed by atoms with Gasteiger partial charge >= 0.3 is 0 Å². The molecule has 29 heavy (non-hydrogen) atoms. The van der Waals surface area contributed by atoms with Gasteiger partial charge < -0.3 is 20.7 Å². The SMILES string of the molecule is Cc1cccc(C)c1NC(=O)c1c(NC[C@@H](O)c2cccc(Cl)c2)cc[nH]c1=O. The van der Waals surface area contributed by atoms with E-state index in [1.54, 1.807) is 30.3 Å². The second-order valence-electron chi connectivity index (χ2n) is 6.77. The molecular formula is C22H22ClN3O3. The van der Waals surface area contributed by atoms with Crippen molar-refractivity contribution in [2.75, 3.05) is 17.2 Å². The van der Waals surface area contributed by atoms with Crippen molar-refractivity contribution >= 4 is 28.9 Å². The first-order chi connectivity index (χ1) is 13.9. The highest BCUT2D eigenvalue weighted by molar-refractivity contribution is 6.30. The van der Waals surface area contributed by atoms with Crippen LogP contribution in [0.15, 0.2) is 59.5 Å². The first-order valence-electron chi connectivity index (χ1n) is 9.13. The lowest BCUT2D eigenvalue weighted by molar-refractivity contribution is 0.102. The maximum absolute atomic E-state index is 12.9. The third-order valence-electron chi connectivity index (χ3n) is 4.63. The van der Waals surface area contributed by atoms with Crippen molar-refractivity contribution < 1.29 is 9.90 Å². The topological polar surface area (TPSA) is 94.2 Å². The Kier molecular flexibility index (Phi) is 6.36. The first-order valence-corrected chi connectivity index (χ1v) is 9.51. The van der Waals surface area contributed by atoms with Gasteiger partial charge in [-0.05, 0) is 48.7 Å². The van der Waals surface area contributed by atoms with Crippen LogP contribution in [-0.4, -0.2) is 22.5 Å². The Balaban J connectivity index is 1.82. The minimum Gasteiger partial charge on any atom is -0.387 e. The number of halogens is 1. The first kappa shape index (κ1) is 20.6. The lowest BCUT2D eigenvalue weighted by Gasteiger charge is -2.16. The Bertz CT molecular complexity index is 1070. The third-order valence-corrected chi connectivity index (χ3v) is 4.86. The Morgan fingerprint density at radius 3 is 2.52 bits per heavy atom. The second kappa shape index (κ2) is 8.94. The number of aliphatic hydroxyl groups is 1. The van der Waals surface area contributed by atoms with Gasteiger partial charge in [-0.25, -0.2) is 0 Å². The van der Waals surface area contributed by atoms with E-state index >= 15 is 0 Å². The lowest BCUT2D eigenvalue weighted by atomic mass is 10.1. The maximum atomic E-state index is 12.9. The number of aromatic nitrogens is 1. The predicted molar refractivity (Wildman–Crippen MR) is 116 cm³/mol. The van der Waals surface area contributed by atoms with Crippen molar-refractivity contribution in [3.05, 3.63) is 92.4 Å². The van der Waals surface area contributed by atoms with Crippen LogP contribution < -0.4 is 16.2 Å². The Morgan fingerprint density at radius 2 is 1.83 bits per heavy atom. The summed E-state index contributed by atoms with van der Waals surface area (Å²) in [6, 6.07) is 14.2. The number of aliphatic hydroxyl groups excluding tert-OH is 1. The molecule has 1 amide bonds. The van der Waals surface area contributed by atoms with Crippen molar-refractivity contribution in [3.8, 4) is 0 Å². The summed E-state index contributed by atoms with van der Waals surface area (Å²) in [4.78, 5) is 27.8. The summed E-state index contributed by atoms with van der Waals surface area (Å²) < 4.78 is 0. The summed E-state index contributed by atoms with van der Waals surface area (Å²) in [7, 11) is 0. The number of aromatic amines is 1. The van der Waals surface area contributed by atoms with Gasteiger partial charge in [-0.1, -0.05) is 41.9 Å². The molecule has 0 aliphatic carbocycles. The quantitative estimate of drug-likeness (QED) is 0.492. The number of H-pyrrole nitrogens is 1. The van der Waals surface area contributed by atoms with Crippen molar-refractivity contribution in [2.45, 2.75) is 20.0 Å². The number of anilines is 2. The highest BCUT2D eigenvalue weighted by Crippen LogP contribution is 2.22. The van der Waals surface area contributed by atoms with Crippen LogP contribution in [-0.2, 0) is 0 Å². The molecule has 1 atom stereocenters. The summed E-state index contributed by atoms with van der Waals surface area (Å²) in [5, 5.41) is 16.7. The van der Waals surface area contributed by atoms with Crippen LogP contribution in [0.5, 0.6) is 0 Å². The fourth-order valence-corrected chi connectivity index (χ4v) is 3.28. The molecule has 0 unspecified atom stereocenters.